The maximum atomic E-state index is 12.8. The Morgan fingerprint density at radius 2 is 1.69 bits per heavy atom. The van der Waals surface area contributed by atoms with Gasteiger partial charge in [-0.1, -0.05) is 43.6 Å². The molecule has 0 amide bonds. The summed E-state index contributed by atoms with van der Waals surface area (Å²) in [6.45, 7) is 10.9. The molecule has 6 aliphatic rings. The van der Waals surface area contributed by atoms with Gasteiger partial charge in [0, 0.05) is 16.8 Å². The lowest BCUT2D eigenvalue weighted by Crippen LogP contribution is -2.55. The molecule has 1 aromatic rings. The fraction of sp³-hybridized carbons (Fsp3) is 0.794. The lowest BCUT2D eigenvalue weighted by Gasteiger charge is -2.61. The van der Waals surface area contributed by atoms with Gasteiger partial charge in [-0.05, 0) is 128 Å². The van der Waals surface area contributed by atoms with Crippen LogP contribution < -0.4 is 0 Å². The Balaban J connectivity index is 1.04. The fourth-order valence-electron chi connectivity index (χ4n) is 11.1. The van der Waals surface area contributed by atoms with Crippen molar-refractivity contribution in [1.82, 2.24) is 0 Å². The smallest absolute Gasteiger partial charge is 0.338 e. The van der Waals surface area contributed by atoms with Crippen molar-refractivity contribution in [3.8, 4) is 0 Å². The molecule has 2 saturated heterocycles. The van der Waals surface area contributed by atoms with Crippen molar-refractivity contribution < 1.29 is 19.0 Å². The van der Waals surface area contributed by atoms with Crippen molar-refractivity contribution in [2.75, 3.05) is 6.61 Å². The topological polar surface area (TPSA) is 44.8 Å². The molecule has 39 heavy (non-hydrogen) atoms. The highest BCUT2D eigenvalue weighted by Gasteiger charge is 2.69. The summed E-state index contributed by atoms with van der Waals surface area (Å²) in [5.41, 5.74) is 1.40. The number of hydrogen-bond acceptors (Lipinski definition) is 4. The van der Waals surface area contributed by atoms with Gasteiger partial charge in [-0.2, -0.15) is 0 Å². The van der Waals surface area contributed by atoms with E-state index in [0.29, 0.717) is 46.2 Å². The molecule has 1 spiro atoms. The molecule has 0 aromatic heterocycles. The third-order valence-electron chi connectivity index (χ3n) is 13.2. The Kier molecular flexibility index (Phi) is 6.61. The Bertz CT molecular complexity index is 1090. The van der Waals surface area contributed by atoms with E-state index in [9.17, 15) is 4.79 Å². The van der Waals surface area contributed by atoms with Crippen LogP contribution in [-0.2, 0) is 14.2 Å². The van der Waals surface area contributed by atoms with Gasteiger partial charge in [-0.15, -0.1) is 0 Å². The van der Waals surface area contributed by atoms with Crippen molar-refractivity contribution in [2.24, 2.45) is 52.3 Å². The van der Waals surface area contributed by atoms with Crippen LogP contribution in [0.3, 0.4) is 0 Å². The SMILES string of the molecule is C[C@H]1CC[C@@]2(OC1)O[C@H]1C[C@H]3[C@@H]4CC[C@@H]5C[C@@H](OC(=O)c6ccc(Br)cc6)CC[C@]5(C)[C@H]4CC[C@]3(C)[C@H]1[C@@H]2C. The van der Waals surface area contributed by atoms with Gasteiger partial charge in [0.25, 0.3) is 0 Å². The molecule has 7 rings (SSSR count). The zero-order valence-corrected chi connectivity index (χ0v) is 25.9. The molecule has 0 radical (unpaired) electrons. The second-order valence-electron chi connectivity index (χ2n) is 15.0. The number of hydrogen-bond donors (Lipinski definition) is 0. The number of carbonyl (C=O) groups is 1. The molecular weight excluding hydrogens is 552 g/mol. The maximum absolute atomic E-state index is 12.8. The van der Waals surface area contributed by atoms with Gasteiger partial charge in [0.15, 0.2) is 5.79 Å². The molecule has 0 bridgehead atoms. The van der Waals surface area contributed by atoms with Crippen LogP contribution >= 0.6 is 15.9 Å². The summed E-state index contributed by atoms with van der Waals surface area (Å²) >= 11 is 3.46. The molecule has 6 fully saturated rings. The zero-order valence-electron chi connectivity index (χ0n) is 24.3. The van der Waals surface area contributed by atoms with E-state index in [2.05, 4.69) is 43.6 Å². The lowest BCUT2D eigenvalue weighted by molar-refractivity contribution is -0.273. The highest BCUT2D eigenvalue weighted by Crippen LogP contribution is 2.71. The van der Waals surface area contributed by atoms with Crippen LogP contribution in [0.5, 0.6) is 0 Å². The molecule has 0 N–H and O–H groups in total. The van der Waals surface area contributed by atoms with Crippen molar-refractivity contribution in [3.05, 3.63) is 34.3 Å². The average molecular weight is 600 g/mol. The van der Waals surface area contributed by atoms with E-state index in [4.69, 9.17) is 14.2 Å². The Morgan fingerprint density at radius 1 is 0.923 bits per heavy atom. The molecule has 1 aromatic carbocycles. The maximum Gasteiger partial charge on any atom is 0.338 e. The molecule has 4 saturated carbocycles. The molecule has 2 aliphatic heterocycles. The van der Waals surface area contributed by atoms with Crippen LogP contribution in [0.1, 0.15) is 102 Å². The van der Waals surface area contributed by atoms with Gasteiger partial charge >= 0.3 is 5.97 Å². The highest BCUT2D eigenvalue weighted by molar-refractivity contribution is 9.10. The molecule has 214 valence electrons. The summed E-state index contributed by atoms with van der Waals surface area (Å²) in [4.78, 5) is 12.8. The Hall–Kier alpha value is -0.910. The summed E-state index contributed by atoms with van der Waals surface area (Å²) < 4.78 is 20.5. The van der Waals surface area contributed by atoms with E-state index in [0.717, 1.165) is 48.1 Å². The van der Waals surface area contributed by atoms with Crippen molar-refractivity contribution in [1.29, 1.82) is 0 Å². The van der Waals surface area contributed by atoms with Gasteiger partial charge in [-0.25, -0.2) is 4.79 Å². The number of esters is 1. The number of halogens is 1. The first-order valence-electron chi connectivity index (χ1n) is 15.9. The number of rotatable bonds is 2. The van der Waals surface area contributed by atoms with Crippen LogP contribution in [0, 0.1) is 52.3 Å². The van der Waals surface area contributed by atoms with E-state index in [1.165, 1.54) is 44.9 Å². The minimum Gasteiger partial charge on any atom is -0.459 e. The molecule has 5 heteroatoms. The first-order valence-corrected chi connectivity index (χ1v) is 16.7. The summed E-state index contributed by atoms with van der Waals surface area (Å²) in [7, 11) is 0. The van der Waals surface area contributed by atoms with Crippen LogP contribution in [0.2, 0.25) is 0 Å². The van der Waals surface area contributed by atoms with Gasteiger partial charge in [0.2, 0.25) is 0 Å². The van der Waals surface area contributed by atoms with Gasteiger partial charge < -0.3 is 14.2 Å². The third-order valence-corrected chi connectivity index (χ3v) is 13.8. The Morgan fingerprint density at radius 3 is 2.44 bits per heavy atom. The van der Waals surface area contributed by atoms with Crippen LogP contribution in [-0.4, -0.2) is 30.6 Å². The summed E-state index contributed by atoms with van der Waals surface area (Å²) in [6.07, 6.45) is 12.5. The van der Waals surface area contributed by atoms with E-state index in [1.54, 1.807) is 0 Å². The number of benzene rings is 1. The van der Waals surface area contributed by atoms with Gasteiger partial charge in [0.05, 0.1) is 18.3 Å². The van der Waals surface area contributed by atoms with Gasteiger partial charge in [0.1, 0.15) is 6.10 Å². The minimum atomic E-state index is -0.317. The second-order valence-corrected chi connectivity index (χ2v) is 15.9. The van der Waals surface area contributed by atoms with Crippen molar-refractivity contribution in [3.63, 3.8) is 0 Å². The molecule has 0 unspecified atom stereocenters. The number of carbonyl (C=O) groups excluding carboxylic acids is 1. The summed E-state index contributed by atoms with van der Waals surface area (Å²) in [5, 5.41) is 0. The standard InChI is InChI=1S/C34H47BrO4/c1-20-11-16-34(37-19-20)21(2)30-29(39-34)18-28-26-10-7-23-17-25(38-31(36)22-5-8-24(35)9-6-22)12-14-32(23,3)27(26)13-15-33(28,30)4/h5-6,8-9,20-21,23,25-30H,7,10-19H2,1-4H3/t20-,21-,23+,25-,26+,27-,28-,29-,30-,32-,33-,34+/m0/s1. The monoisotopic (exact) mass is 598 g/mol. The fourth-order valence-corrected chi connectivity index (χ4v) is 11.4. The third kappa shape index (κ3) is 4.14. The number of fused-ring (bicyclic) bond motifs is 7. The second kappa shape index (κ2) is 9.56. The van der Waals surface area contributed by atoms with Crippen LogP contribution in [0.15, 0.2) is 28.7 Å². The van der Waals surface area contributed by atoms with Crippen LogP contribution in [0.4, 0.5) is 0 Å². The molecule has 4 nitrogen and oxygen atoms in total. The largest absolute Gasteiger partial charge is 0.459 e. The number of ether oxygens (including phenoxy) is 3. The quantitative estimate of drug-likeness (QED) is 0.320. The zero-order chi connectivity index (χ0) is 27.2. The van der Waals surface area contributed by atoms with Crippen molar-refractivity contribution in [2.45, 2.75) is 110 Å². The normalized spacial score (nSPS) is 50.5. The van der Waals surface area contributed by atoms with E-state index in [-0.39, 0.29) is 17.9 Å². The minimum absolute atomic E-state index is 0.0547. The lowest BCUT2D eigenvalue weighted by atomic mass is 9.44. The summed E-state index contributed by atoms with van der Waals surface area (Å²) in [5.74, 6) is 4.35. The van der Waals surface area contributed by atoms with Crippen LogP contribution in [0.25, 0.3) is 0 Å². The first-order chi connectivity index (χ1) is 18.6. The molecule has 4 aliphatic carbocycles. The first kappa shape index (κ1) is 27.0. The highest BCUT2D eigenvalue weighted by atomic mass is 79.9. The van der Waals surface area contributed by atoms with E-state index < -0.39 is 0 Å². The predicted octanol–water partition coefficient (Wildman–Crippen LogP) is 8.42. The predicted molar refractivity (Wildman–Crippen MR) is 155 cm³/mol. The summed E-state index contributed by atoms with van der Waals surface area (Å²) in [6, 6.07) is 7.54. The molecular formula is C34H47BrO4. The van der Waals surface area contributed by atoms with Crippen molar-refractivity contribution >= 4 is 21.9 Å². The van der Waals surface area contributed by atoms with E-state index >= 15 is 0 Å². The van der Waals surface area contributed by atoms with Gasteiger partial charge in [-0.3, -0.25) is 0 Å². The molecule has 2 heterocycles. The van der Waals surface area contributed by atoms with E-state index in [1.807, 2.05) is 24.3 Å². The molecule has 12 atom stereocenters. The average Bonchev–Trinajstić information content (AvgIpc) is 3.36. The Labute approximate surface area is 243 Å².